The Bertz CT molecular complexity index is 1120. The molecule has 4 heteroatoms. The van der Waals surface area contributed by atoms with Gasteiger partial charge in [-0.2, -0.15) is 0 Å². The third-order valence-corrected chi connectivity index (χ3v) is 4.56. The van der Waals surface area contributed by atoms with Crippen molar-refractivity contribution in [2.24, 2.45) is 0 Å². The molecule has 3 aromatic carbocycles. The summed E-state index contributed by atoms with van der Waals surface area (Å²) in [6, 6.07) is 24.7. The summed E-state index contributed by atoms with van der Waals surface area (Å²) >= 11 is 0. The van der Waals surface area contributed by atoms with E-state index in [1.54, 1.807) is 24.3 Å². The van der Waals surface area contributed by atoms with Gasteiger partial charge in [-0.05, 0) is 23.6 Å². The number of aromatic nitrogens is 1. The summed E-state index contributed by atoms with van der Waals surface area (Å²) in [5.41, 5.74) is 3.71. The Morgan fingerprint density at radius 1 is 0.815 bits per heavy atom. The van der Waals surface area contributed by atoms with Crippen molar-refractivity contribution in [2.75, 3.05) is 0 Å². The van der Waals surface area contributed by atoms with Crippen molar-refractivity contribution in [1.82, 2.24) is 4.98 Å². The SMILES string of the molecule is O=C(O)c1c(O)c(-c2ccc(Cc3ccccc3)cc2)nc2ccccc12. The number of benzene rings is 3. The molecule has 1 aromatic heterocycles. The summed E-state index contributed by atoms with van der Waals surface area (Å²) in [4.78, 5) is 16.2. The summed E-state index contributed by atoms with van der Waals surface area (Å²) in [5.74, 6) is -1.48. The fourth-order valence-electron chi connectivity index (χ4n) is 3.23. The van der Waals surface area contributed by atoms with Crippen molar-refractivity contribution in [1.29, 1.82) is 0 Å². The second-order valence-electron chi connectivity index (χ2n) is 6.37. The highest BCUT2D eigenvalue weighted by Crippen LogP contribution is 2.35. The first kappa shape index (κ1) is 16.8. The van der Waals surface area contributed by atoms with Gasteiger partial charge in [-0.1, -0.05) is 72.8 Å². The lowest BCUT2D eigenvalue weighted by atomic mass is 10.00. The van der Waals surface area contributed by atoms with E-state index in [1.807, 2.05) is 42.5 Å². The first-order valence-corrected chi connectivity index (χ1v) is 8.62. The predicted molar refractivity (Wildman–Crippen MR) is 105 cm³/mol. The van der Waals surface area contributed by atoms with Crippen molar-refractivity contribution >= 4 is 16.9 Å². The number of hydrogen-bond donors (Lipinski definition) is 2. The van der Waals surface area contributed by atoms with E-state index in [9.17, 15) is 15.0 Å². The molecule has 0 amide bonds. The zero-order valence-electron chi connectivity index (χ0n) is 14.5. The summed E-state index contributed by atoms with van der Waals surface area (Å²) in [7, 11) is 0. The number of aromatic carboxylic acids is 1. The number of carbonyl (C=O) groups is 1. The van der Waals surface area contributed by atoms with Crippen LogP contribution in [-0.4, -0.2) is 21.2 Å². The number of aromatic hydroxyl groups is 1. The average molecular weight is 355 g/mol. The maximum Gasteiger partial charge on any atom is 0.340 e. The number of carboxylic acids is 1. The van der Waals surface area contributed by atoms with Crippen LogP contribution in [0.4, 0.5) is 0 Å². The Morgan fingerprint density at radius 3 is 2.15 bits per heavy atom. The molecule has 0 atom stereocenters. The molecule has 0 spiro atoms. The van der Waals surface area contributed by atoms with Crippen LogP contribution in [-0.2, 0) is 6.42 Å². The van der Waals surface area contributed by atoms with Crippen LogP contribution in [0.1, 0.15) is 21.5 Å². The first-order valence-electron chi connectivity index (χ1n) is 8.62. The van der Waals surface area contributed by atoms with Crippen molar-refractivity contribution in [3.8, 4) is 17.0 Å². The zero-order valence-corrected chi connectivity index (χ0v) is 14.5. The molecule has 2 N–H and O–H groups in total. The normalized spacial score (nSPS) is 10.8. The highest BCUT2D eigenvalue weighted by atomic mass is 16.4. The standard InChI is InChI=1S/C23H17NO3/c25-22-20(23(26)27)18-8-4-5-9-19(18)24-21(22)17-12-10-16(11-13-17)14-15-6-2-1-3-7-15/h1-13,25H,14H2,(H,26,27). The third-order valence-electron chi connectivity index (χ3n) is 4.56. The van der Waals surface area contributed by atoms with E-state index >= 15 is 0 Å². The van der Waals surface area contributed by atoms with Crippen molar-refractivity contribution < 1.29 is 15.0 Å². The van der Waals surface area contributed by atoms with Gasteiger partial charge in [-0.3, -0.25) is 0 Å². The molecule has 0 aliphatic heterocycles. The van der Waals surface area contributed by atoms with Gasteiger partial charge in [0.15, 0.2) is 5.75 Å². The first-order chi connectivity index (χ1) is 13.1. The summed E-state index contributed by atoms with van der Waals surface area (Å²) in [5, 5.41) is 20.6. The minimum absolute atomic E-state index is 0.121. The molecule has 0 bridgehead atoms. The van der Waals surface area contributed by atoms with Crippen LogP contribution in [0.15, 0.2) is 78.9 Å². The number of para-hydroxylation sites is 1. The summed E-state index contributed by atoms with van der Waals surface area (Å²) in [6.07, 6.45) is 0.804. The van der Waals surface area contributed by atoms with E-state index in [0.29, 0.717) is 16.5 Å². The van der Waals surface area contributed by atoms with Gasteiger partial charge in [0.1, 0.15) is 11.3 Å². The Morgan fingerprint density at radius 2 is 1.44 bits per heavy atom. The zero-order chi connectivity index (χ0) is 18.8. The van der Waals surface area contributed by atoms with E-state index in [1.165, 1.54) is 5.56 Å². The predicted octanol–water partition coefficient (Wildman–Crippen LogP) is 4.90. The van der Waals surface area contributed by atoms with Gasteiger partial charge < -0.3 is 10.2 Å². The highest BCUT2D eigenvalue weighted by Gasteiger charge is 2.20. The largest absolute Gasteiger partial charge is 0.505 e. The van der Waals surface area contributed by atoms with Gasteiger partial charge >= 0.3 is 5.97 Å². The molecule has 0 saturated heterocycles. The molecule has 0 saturated carbocycles. The number of rotatable bonds is 4. The Hall–Kier alpha value is -3.66. The molecule has 4 aromatic rings. The van der Waals surface area contributed by atoms with Crippen molar-refractivity contribution in [3.05, 3.63) is 95.6 Å². The second-order valence-corrected chi connectivity index (χ2v) is 6.37. The minimum Gasteiger partial charge on any atom is -0.505 e. The van der Waals surface area contributed by atoms with Crippen LogP contribution in [0.5, 0.6) is 5.75 Å². The van der Waals surface area contributed by atoms with Gasteiger partial charge in [0, 0.05) is 10.9 Å². The fourth-order valence-corrected chi connectivity index (χ4v) is 3.23. The number of pyridine rings is 1. The molecule has 0 unspecified atom stereocenters. The fraction of sp³-hybridized carbons (Fsp3) is 0.0435. The van der Waals surface area contributed by atoms with Crippen LogP contribution in [0, 0.1) is 0 Å². The summed E-state index contributed by atoms with van der Waals surface area (Å²) in [6.45, 7) is 0. The number of nitrogens with zero attached hydrogens (tertiary/aromatic N) is 1. The molecule has 1 heterocycles. The smallest absolute Gasteiger partial charge is 0.340 e. The minimum atomic E-state index is -1.17. The summed E-state index contributed by atoms with van der Waals surface area (Å²) < 4.78 is 0. The molecule has 4 rings (SSSR count). The third kappa shape index (κ3) is 3.25. The van der Waals surface area contributed by atoms with E-state index < -0.39 is 5.97 Å². The van der Waals surface area contributed by atoms with E-state index in [-0.39, 0.29) is 17.0 Å². The van der Waals surface area contributed by atoms with Crippen LogP contribution < -0.4 is 0 Å². The maximum atomic E-state index is 11.7. The van der Waals surface area contributed by atoms with Crippen LogP contribution in [0.3, 0.4) is 0 Å². The molecule has 132 valence electrons. The van der Waals surface area contributed by atoms with Gasteiger partial charge in [0.25, 0.3) is 0 Å². The lowest BCUT2D eigenvalue weighted by Crippen LogP contribution is -2.01. The highest BCUT2D eigenvalue weighted by molar-refractivity contribution is 6.07. The van der Waals surface area contributed by atoms with Crippen molar-refractivity contribution in [2.45, 2.75) is 6.42 Å². The quantitative estimate of drug-likeness (QED) is 0.546. The second kappa shape index (κ2) is 6.92. The lowest BCUT2D eigenvalue weighted by molar-refractivity contribution is 0.0696. The molecular formula is C23H17NO3. The Labute approximate surface area is 156 Å². The van der Waals surface area contributed by atoms with Crippen molar-refractivity contribution in [3.63, 3.8) is 0 Å². The van der Waals surface area contributed by atoms with Crippen LogP contribution in [0.25, 0.3) is 22.2 Å². The van der Waals surface area contributed by atoms with Gasteiger partial charge in [-0.25, -0.2) is 9.78 Å². The van der Waals surface area contributed by atoms with E-state index in [0.717, 1.165) is 12.0 Å². The lowest BCUT2D eigenvalue weighted by Gasteiger charge is -2.11. The maximum absolute atomic E-state index is 11.7. The average Bonchev–Trinajstić information content (AvgIpc) is 2.69. The van der Waals surface area contributed by atoms with Crippen LogP contribution in [0.2, 0.25) is 0 Å². The topological polar surface area (TPSA) is 70.4 Å². The molecule has 0 aliphatic carbocycles. The Kier molecular flexibility index (Phi) is 4.30. The molecular weight excluding hydrogens is 338 g/mol. The molecule has 4 nitrogen and oxygen atoms in total. The van der Waals surface area contributed by atoms with E-state index in [2.05, 4.69) is 17.1 Å². The molecule has 0 aliphatic rings. The molecule has 0 fully saturated rings. The number of fused-ring (bicyclic) bond motifs is 1. The van der Waals surface area contributed by atoms with Gasteiger partial charge in [0.05, 0.1) is 5.52 Å². The molecule has 27 heavy (non-hydrogen) atoms. The van der Waals surface area contributed by atoms with Gasteiger partial charge in [0.2, 0.25) is 0 Å². The van der Waals surface area contributed by atoms with E-state index in [4.69, 9.17) is 0 Å². The molecule has 0 radical (unpaired) electrons. The van der Waals surface area contributed by atoms with Crippen LogP contribution >= 0.6 is 0 Å². The monoisotopic (exact) mass is 355 g/mol. The Balaban J connectivity index is 1.76. The number of carboxylic acid groups (broad SMARTS) is 1. The number of hydrogen-bond acceptors (Lipinski definition) is 3. The van der Waals surface area contributed by atoms with Gasteiger partial charge in [-0.15, -0.1) is 0 Å².